The van der Waals surface area contributed by atoms with E-state index in [1.807, 2.05) is 0 Å². The summed E-state index contributed by atoms with van der Waals surface area (Å²) in [6.45, 7) is 6.75. The molecule has 0 fully saturated rings. The maximum Gasteiger partial charge on any atom is 0.202 e. The summed E-state index contributed by atoms with van der Waals surface area (Å²) in [5, 5.41) is 61.8. The summed E-state index contributed by atoms with van der Waals surface area (Å²) in [7, 11) is 0. The van der Waals surface area contributed by atoms with E-state index in [1.165, 1.54) is 13.1 Å². The molecular formula is C19H23NO8. The zero-order chi connectivity index (χ0) is 21.0. The number of quaternary nitrogens is 1. The van der Waals surface area contributed by atoms with Gasteiger partial charge in [0, 0.05) is 17.7 Å². The summed E-state index contributed by atoms with van der Waals surface area (Å²) in [6, 6.07) is 3.91. The first-order valence-corrected chi connectivity index (χ1v) is 8.70. The van der Waals surface area contributed by atoms with E-state index in [1.54, 1.807) is 0 Å². The van der Waals surface area contributed by atoms with Crippen molar-refractivity contribution in [3.63, 3.8) is 0 Å². The average Bonchev–Trinajstić information content (AvgIpc) is 2.63. The van der Waals surface area contributed by atoms with E-state index in [-0.39, 0.29) is 22.6 Å². The lowest BCUT2D eigenvalue weighted by Gasteiger charge is -2.30. The highest BCUT2D eigenvalue weighted by molar-refractivity contribution is 6.05. The zero-order valence-electron chi connectivity index (χ0n) is 15.4. The van der Waals surface area contributed by atoms with Crippen molar-refractivity contribution in [3.05, 3.63) is 35.4 Å². The monoisotopic (exact) mass is 393 g/mol. The number of benzene rings is 2. The van der Waals surface area contributed by atoms with E-state index < -0.39 is 41.0 Å². The van der Waals surface area contributed by atoms with Crippen LogP contribution in [0.5, 0.6) is 34.5 Å². The van der Waals surface area contributed by atoms with Gasteiger partial charge in [-0.05, 0) is 31.7 Å². The van der Waals surface area contributed by atoms with Gasteiger partial charge in [0.05, 0.1) is 13.1 Å². The number of aromatic hydroxyl groups is 4. The highest BCUT2D eigenvalue weighted by Crippen LogP contribution is 2.44. The van der Waals surface area contributed by atoms with Crippen LogP contribution < -0.4 is 15.2 Å². The molecule has 1 aliphatic heterocycles. The predicted octanol–water partition coefficient (Wildman–Crippen LogP) is -0.151. The number of phenols is 4. The molecule has 0 saturated carbocycles. The fourth-order valence-electron chi connectivity index (χ4n) is 2.74. The Hall–Kier alpha value is -3.17. The fraction of sp³-hybridized carbons (Fsp3) is 0.316. The molecule has 2 atom stereocenters. The summed E-state index contributed by atoms with van der Waals surface area (Å²) in [6.07, 6.45) is -3.08. The minimum absolute atomic E-state index is 0.0195. The van der Waals surface area contributed by atoms with Crippen molar-refractivity contribution in [2.45, 2.75) is 26.1 Å². The number of phenolic OH excluding ortho intramolecular Hbond substituents is 4. The standard InChI is InChI=1S/C15H12O8.C4H11N/c16-6-3-7(17)11-10(4-6)23-15(14(22)13(11)21)5-1-8(18)12(20)9(19)2-5;1-3-5-4-2/h1-4,14-20,22H;5H,3-4H2,1-2H3/t14-,15+;/m0./s1. The Balaban J connectivity index is 0.000000500. The van der Waals surface area contributed by atoms with E-state index in [9.17, 15) is 35.4 Å². The second-order valence-corrected chi connectivity index (χ2v) is 6.18. The normalized spacial score (nSPS) is 17.9. The highest BCUT2D eigenvalue weighted by atomic mass is 16.5. The van der Waals surface area contributed by atoms with Crippen LogP contribution in [0.1, 0.15) is 35.9 Å². The van der Waals surface area contributed by atoms with E-state index in [0.29, 0.717) is 0 Å². The number of aliphatic hydroxyl groups excluding tert-OH is 1. The van der Waals surface area contributed by atoms with Crippen molar-refractivity contribution < 1.29 is 45.5 Å². The lowest BCUT2D eigenvalue weighted by molar-refractivity contribution is -0.648. The molecule has 2 aromatic rings. The van der Waals surface area contributed by atoms with E-state index in [4.69, 9.17) is 4.74 Å². The molecule has 0 saturated heterocycles. The number of carbonyl (C=O) groups excluding carboxylic acids is 1. The second-order valence-electron chi connectivity index (χ2n) is 6.18. The molecule has 0 aromatic heterocycles. The Kier molecular flexibility index (Phi) is 6.55. The maximum atomic E-state index is 12.2. The third kappa shape index (κ3) is 4.21. The van der Waals surface area contributed by atoms with Gasteiger partial charge in [-0.25, -0.2) is 0 Å². The molecule has 0 spiro atoms. The second kappa shape index (κ2) is 8.68. The Bertz CT molecular complexity index is 842. The number of aliphatic hydroxyl groups is 1. The predicted molar refractivity (Wildman–Crippen MR) is 95.7 cm³/mol. The number of fused-ring (bicyclic) bond motifs is 1. The summed E-state index contributed by atoms with van der Waals surface area (Å²) in [5.41, 5.74) is -0.311. The van der Waals surface area contributed by atoms with Crippen molar-refractivity contribution in [2.24, 2.45) is 0 Å². The van der Waals surface area contributed by atoms with E-state index in [0.717, 1.165) is 24.3 Å². The molecule has 1 aliphatic rings. The van der Waals surface area contributed by atoms with Gasteiger partial charge >= 0.3 is 0 Å². The van der Waals surface area contributed by atoms with Crippen LogP contribution in [0, 0.1) is 0 Å². The number of hydrogen-bond donors (Lipinski definition) is 6. The quantitative estimate of drug-likeness (QED) is 0.418. The van der Waals surface area contributed by atoms with Gasteiger partial charge in [-0.1, -0.05) is 0 Å². The molecule has 2 aromatic carbocycles. The molecule has 9 heteroatoms. The molecule has 1 heterocycles. The fourth-order valence-corrected chi connectivity index (χ4v) is 2.74. The lowest BCUT2D eigenvalue weighted by atomic mass is 9.92. The first kappa shape index (κ1) is 21.1. The van der Waals surface area contributed by atoms with Crippen LogP contribution in [-0.2, 0) is 0 Å². The van der Waals surface area contributed by atoms with Gasteiger partial charge in [-0.15, -0.1) is 0 Å². The Morgan fingerprint density at radius 1 is 1.00 bits per heavy atom. The molecule has 0 amide bonds. The topological polar surface area (TPSA) is 167 Å². The Morgan fingerprint density at radius 2 is 1.57 bits per heavy atom. The van der Waals surface area contributed by atoms with E-state index >= 15 is 0 Å². The Labute approximate surface area is 161 Å². The molecule has 3 rings (SSSR count). The SMILES string of the molecule is CC[NH2+]CC.O=C1c2c(O)cc(O)cc2O[C@H](c2cc(O)c([O-])c(O)c2)[C@H]1O. The van der Waals surface area contributed by atoms with Gasteiger partial charge in [-0.2, -0.15) is 0 Å². The van der Waals surface area contributed by atoms with Crippen LogP contribution in [-0.4, -0.2) is 50.5 Å². The average molecular weight is 393 g/mol. The maximum absolute atomic E-state index is 12.2. The minimum Gasteiger partial charge on any atom is -0.867 e. The van der Waals surface area contributed by atoms with Crippen LogP contribution in [0.3, 0.4) is 0 Å². The summed E-state index contributed by atoms with van der Waals surface area (Å²) in [4.78, 5) is 12.2. The molecule has 7 N–H and O–H groups in total. The third-order valence-electron chi connectivity index (χ3n) is 4.10. The van der Waals surface area contributed by atoms with Crippen LogP contribution in [0.15, 0.2) is 24.3 Å². The van der Waals surface area contributed by atoms with Crippen molar-refractivity contribution in [2.75, 3.05) is 13.1 Å². The van der Waals surface area contributed by atoms with Gasteiger partial charge in [0.15, 0.2) is 12.2 Å². The van der Waals surface area contributed by atoms with Crippen molar-refractivity contribution in [1.29, 1.82) is 0 Å². The third-order valence-corrected chi connectivity index (χ3v) is 4.10. The number of nitrogens with two attached hydrogens (primary N) is 1. The Morgan fingerprint density at radius 3 is 2.07 bits per heavy atom. The van der Waals surface area contributed by atoms with Crippen LogP contribution in [0.4, 0.5) is 0 Å². The highest BCUT2D eigenvalue weighted by Gasteiger charge is 2.39. The van der Waals surface area contributed by atoms with Gasteiger partial charge in [0.25, 0.3) is 0 Å². The summed E-state index contributed by atoms with van der Waals surface area (Å²) in [5.74, 6) is -4.48. The zero-order valence-corrected chi connectivity index (χ0v) is 15.4. The van der Waals surface area contributed by atoms with Crippen LogP contribution >= 0.6 is 0 Å². The smallest absolute Gasteiger partial charge is 0.202 e. The number of rotatable bonds is 3. The van der Waals surface area contributed by atoms with Gasteiger partial charge in [-0.3, -0.25) is 4.79 Å². The lowest BCUT2D eigenvalue weighted by Crippen LogP contribution is -2.82. The molecule has 0 unspecified atom stereocenters. The summed E-state index contributed by atoms with van der Waals surface area (Å²) >= 11 is 0. The number of hydrogen-bond acceptors (Lipinski definition) is 8. The first-order chi connectivity index (χ1) is 13.2. The van der Waals surface area contributed by atoms with Crippen molar-refractivity contribution in [3.8, 4) is 34.5 Å². The molecule has 0 radical (unpaired) electrons. The van der Waals surface area contributed by atoms with Crippen LogP contribution in [0.25, 0.3) is 0 Å². The number of Topliss-reactive ketones (excluding diaryl/α,β-unsaturated/α-hetero) is 1. The molecule has 9 nitrogen and oxygen atoms in total. The van der Waals surface area contributed by atoms with Gasteiger partial charge < -0.3 is 40.7 Å². The number of ether oxygens (including phenoxy) is 1. The van der Waals surface area contributed by atoms with Gasteiger partial charge in [0.1, 0.15) is 34.3 Å². The molecule has 0 aliphatic carbocycles. The molecule has 0 bridgehead atoms. The molecular weight excluding hydrogens is 370 g/mol. The first-order valence-electron chi connectivity index (χ1n) is 8.70. The minimum atomic E-state index is -1.74. The van der Waals surface area contributed by atoms with Gasteiger partial charge in [0.2, 0.25) is 5.78 Å². The number of carbonyl (C=O) groups is 1. The van der Waals surface area contributed by atoms with Crippen molar-refractivity contribution in [1.82, 2.24) is 0 Å². The largest absolute Gasteiger partial charge is 0.867 e. The summed E-state index contributed by atoms with van der Waals surface area (Å²) < 4.78 is 5.40. The number of ketones is 1. The molecule has 28 heavy (non-hydrogen) atoms. The van der Waals surface area contributed by atoms with Crippen LogP contribution in [0.2, 0.25) is 0 Å². The molecule has 152 valence electrons. The van der Waals surface area contributed by atoms with Crippen molar-refractivity contribution >= 4 is 5.78 Å². The van der Waals surface area contributed by atoms with E-state index in [2.05, 4.69) is 19.2 Å².